The molecule has 0 atom stereocenters. The van der Waals surface area contributed by atoms with Crippen LogP contribution in [0.25, 0.3) is 0 Å². The summed E-state index contributed by atoms with van der Waals surface area (Å²) in [4.78, 5) is 2.53. The lowest BCUT2D eigenvalue weighted by atomic mass is 10.1. The van der Waals surface area contributed by atoms with E-state index in [1.54, 1.807) is 0 Å². The molecule has 0 rings (SSSR count). The number of nitrogens with one attached hydrogen (secondary N) is 1. The van der Waals surface area contributed by atoms with E-state index in [-0.39, 0.29) is 0 Å². The summed E-state index contributed by atoms with van der Waals surface area (Å²) in [6, 6.07) is 0. The average Bonchev–Trinajstić information content (AvgIpc) is 2.20. The van der Waals surface area contributed by atoms with E-state index in [1.165, 1.54) is 39.0 Å². The van der Waals surface area contributed by atoms with Crippen LogP contribution < -0.4 is 5.32 Å². The molecule has 0 saturated heterocycles. The first-order chi connectivity index (χ1) is 7.56. The van der Waals surface area contributed by atoms with Gasteiger partial charge in [-0.2, -0.15) is 0 Å². The molecule has 0 amide bonds. The Hall–Kier alpha value is -0.0800. The van der Waals surface area contributed by atoms with Crippen LogP contribution in [0.1, 0.15) is 47.5 Å². The molecule has 0 aliphatic carbocycles. The third-order valence-electron chi connectivity index (χ3n) is 2.81. The molecule has 0 aromatic carbocycles. The van der Waals surface area contributed by atoms with Gasteiger partial charge in [0.2, 0.25) is 0 Å². The van der Waals surface area contributed by atoms with E-state index in [9.17, 15) is 0 Å². The Morgan fingerprint density at radius 1 is 1.00 bits per heavy atom. The second-order valence-electron chi connectivity index (χ2n) is 5.57. The van der Waals surface area contributed by atoms with E-state index in [1.807, 2.05) is 0 Å². The summed E-state index contributed by atoms with van der Waals surface area (Å²) in [5.74, 6) is 1.62. The van der Waals surface area contributed by atoms with Crippen LogP contribution in [0.4, 0.5) is 0 Å². The van der Waals surface area contributed by atoms with Gasteiger partial charge in [-0.1, -0.05) is 34.6 Å². The number of nitrogens with zero attached hydrogens (tertiary/aromatic N) is 1. The molecule has 2 heteroatoms. The zero-order valence-corrected chi connectivity index (χ0v) is 12.1. The largest absolute Gasteiger partial charge is 0.315 e. The summed E-state index contributed by atoms with van der Waals surface area (Å²) in [5, 5.41) is 3.54. The minimum atomic E-state index is 0.779. The Kier molecular flexibility index (Phi) is 10.0. The van der Waals surface area contributed by atoms with Gasteiger partial charge >= 0.3 is 0 Å². The van der Waals surface area contributed by atoms with Gasteiger partial charge in [-0.05, 0) is 37.8 Å². The quantitative estimate of drug-likeness (QED) is 0.578. The van der Waals surface area contributed by atoms with Crippen molar-refractivity contribution in [2.75, 3.05) is 32.7 Å². The predicted molar refractivity (Wildman–Crippen MR) is 73.9 cm³/mol. The maximum atomic E-state index is 3.54. The lowest BCUT2D eigenvalue weighted by Crippen LogP contribution is -2.34. The highest BCUT2D eigenvalue weighted by Crippen LogP contribution is 2.01. The SMILES string of the molecule is CCN(CCNCCCC(C)C)CC(C)C. The molecule has 16 heavy (non-hydrogen) atoms. The third kappa shape index (κ3) is 10.4. The van der Waals surface area contributed by atoms with E-state index < -0.39 is 0 Å². The second kappa shape index (κ2) is 10.1. The topological polar surface area (TPSA) is 15.3 Å². The molecule has 0 aliphatic heterocycles. The monoisotopic (exact) mass is 228 g/mol. The van der Waals surface area contributed by atoms with Crippen molar-refractivity contribution in [1.82, 2.24) is 10.2 Å². The van der Waals surface area contributed by atoms with Crippen LogP contribution in [-0.4, -0.2) is 37.6 Å². The summed E-state index contributed by atoms with van der Waals surface area (Å²) in [5.41, 5.74) is 0. The maximum absolute atomic E-state index is 3.54. The molecular weight excluding hydrogens is 196 g/mol. The van der Waals surface area contributed by atoms with Gasteiger partial charge in [-0.3, -0.25) is 0 Å². The van der Waals surface area contributed by atoms with Gasteiger partial charge < -0.3 is 10.2 Å². The van der Waals surface area contributed by atoms with E-state index in [0.29, 0.717) is 0 Å². The molecule has 0 radical (unpaired) electrons. The summed E-state index contributed by atoms with van der Waals surface area (Å²) in [7, 11) is 0. The molecule has 1 N–H and O–H groups in total. The van der Waals surface area contributed by atoms with Crippen molar-refractivity contribution in [3.63, 3.8) is 0 Å². The van der Waals surface area contributed by atoms with Crippen LogP contribution in [0.2, 0.25) is 0 Å². The summed E-state index contributed by atoms with van der Waals surface area (Å²) < 4.78 is 0. The van der Waals surface area contributed by atoms with Crippen molar-refractivity contribution >= 4 is 0 Å². The number of rotatable bonds is 10. The minimum Gasteiger partial charge on any atom is -0.315 e. The summed E-state index contributed by atoms with van der Waals surface area (Å²) >= 11 is 0. The van der Waals surface area contributed by atoms with Crippen molar-refractivity contribution < 1.29 is 0 Å². The number of hydrogen-bond donors (Lipinski definition) is 1. The molecule has 0 fully saturated rings. The first-order valence-electron chi connectivity index (χ1n) is 6.99. The van der Waals surface area contributed by atoms with Crippen molar-refractivity contribution in [1.29, 1.82) is 0 Å². The second-order valence-corrected chi connectivity index (χ2v) is 5.57. The Balaban J connectivity index is 3.34. The molecule has 0 saturated carbocycles. The Morgan fingerprint density at radius 2 is 1.69 bits per heavy atom. The Labute approximate surface area is 103 Å². The Bertz CT molecular complexity index is 144. The molecular formula is C14H32N2. The predicted octanol–water partition coefficient (Wildman–Crippen LogP) is 2.99. The fourth-order valence-corrected chi connectivity index (χ4v) is 1.89. The van der Waals surface area contributed by atoms with Crippen molar-refractivity contribution in [3.8, 4) is 0 Å². The molecule has 2 nitrogen and oxygen atoms in total. The van der Waals surface area contributed by atoms with Crippen LogP contribution in [-0.2, 0) is 0 Å². The fraction of sp³-hybridized carbons (Fsp3) is 1.00. The first kappa shape index (κ1) is 15.9. The summed E-state index contributed by atoms with van der Waals surface area (Å²) in [6.07, 6.45) is 2.66. The van der Waals surface area contributed by atoms with Gasteiger partial charge in [0.25, 0.3) is 0 Å². The normalized spacial score (nSPS) is 12.0. The highest BCUT2D eigenvalue weighted by Gasteiger charge is 2.03. The minimum absolute atomic E-state index is 0.779. The standard InChI is InChI=1S/C14H32N2/c1-6-16(12-14(4)5)11-10-15-9-7-8-13(2)3/h13-15H,6-12H2,1-5H3. The van der Waals surface area contributed by atoms with Crippen molar-refractivity contribution in [2.24, 2.45) is 11.8 Å². The van der Waals surface area contributed by atoms with Gasteiger partial charge in [0.1, 0.15) is 0 Å². The van der Waals surface area contributed by atoms with E-state index in [4.69, 9.17) is 0 Å². The number of likely N-dealkylation sites (N-methyl/N-ethyl adjacent to an activating group) is 1. The third-order valence-corrected chi connectivity index (χ3v) is 2.81. The maximum Gasteiger partial charge on any atom is 0.0107 e. The zero-order chi connectivity index (χ0) is 12.4. The molecule has 0 unspecified atom stereocenters. The van der Waals surface area contributed by atoms with Gasteiger partial charge in [0.15, 0.2) is 0 Å². The Morgan fingerprint density at radius 3 is 2.19 bits per heavy atom. The van der Waals surface area contributed by atoms with Crippen LogP contribution in [0, 0.1) is 11.8 Å². The van der Waals surface area contributed by atoms with E-state index >= 15 is 0 Å². The van der Waals surface area contributed by atoms with Crippen molar-refractivity contribution in [3.05, 3.63) is 0 Å². The highest BCUT2D eigenvalue weighted by atomic mass is 15.1. The van der Waals surface area contributed by atoms with Gasteiger partial charge in [0, 0.05) is 19.6 Å². The highest BCUT2D eigenvalue weighted by molar-refractivity contribution is 4.60. The number of hydrogen-bond acceptors (Lipinski definition) is 2. The smallest absolute Gasteiger partial charge is 0.0107 e. The van der Waals surface area contributed by atoms with Crippen LogP contribution in [0.3, 0.4) is 0 Å². The van der Waals surface area contributed by atoms with Gasteiger partial charge in [0.05, 0.1) is 0 Å². The van der Waals surface area contributed by atoms with Crippen LogP contribution >= 0.6 is 0 Å². The molecule has 98 valence electrons. The molecule has 0 aromatic heterocycles. The first-order valence-corrected chi connectivity index (χ1v) is 6.99. The fourth-order valence-electron chi connectivity index (χ4n) is 1.89. The molecule has 0 spiro atoms. The molecule has 0 aliphatic rings. The molecule has 0 bridgehead atoms. The zero-order valence-electron chi connectivity index (χ0n) is 12.1. The lowest BCUT2D eigenvalue weighted by molar-refractivity contribution is 0.256. The van der Waals surface area contributed by atoms with Crippen molar-refractivity contribution in [2.45, 2.75) is 47.5 Å². The van der Waals surface area contributed by atoms with Gasteiger partial charge in [-0.25, -0.2) is 0 Å². The van der Waals surface area contributed by atoms with Gasteiger partial charge in [-0.15, -0.1) is 0 Å². The van der Waals surface area contributed by atoms with E-state index in [2.05, 4.69) is 44.8 Å². The molecule has 0 heterocycles. The lowest BCUT2D eigenvalue weighted by Gasteiger charge is -2.22. The molecule has 0 aromatic rings. The van der Waals surface area contributed by atoms with Crippen LogP contribution in [0.15, 0.2) is 0 Å². The summed E-state index contributed by atoms with van der Waals surface area (Å²) in [6.45, 7) is 17.3. The van der Waals surface area contributed by atoms with Crippen LogP contribution in [0.5, 0.6) is 0 Å². The van der Waals surface area contributed by atoms with E-state index in [0.717, 1.165) is 18.4 Å². The average molecular weight is 228 g/mol.